The van der Waals surface area contributed by atoms with Crippen molar-refractivity contribution in [3.8, 4) is 0 Å². The van der Waals surface area contributed by atoms with Crippen molar-refractivity contribution in [3.05, 3.63) is 59.4 Å². The van der Waals surface area contributed by atoms with Gasteiger partial charge in [-0.2, -0.15) is 26.3 Å². The van der Waals surface area contributed by atoms with Crippen molar-refractivity contribution < 1.29 is 34.9 Å². The highest BCUT2D eigenvalue weighted by molar-refractivity contribution is 7.85. The number of aryl methyl sites for hydroxylation is 2. The van der Waals surface area contributed by atoms with Crippen molar-refractivity contribution >= 4 is 22.2 Å². The SMILES string of the molecule is Cc1cc(F)c(N=C(CCc2ccccc2)C(F)(F)F)cc1S(=O)CC(F)(F)F. The van der Waals surface area contributed by atoms with Gasteiger partial charge in [-0.05, 0) is 43.0 Å². The molecule has 0 aromatic heterocycles. The van der Waals surface area contributed by atoms with E-state index in [-0.39, 0.29) is 12.0 Å². The van der Waals surface area contributed by atoms with E-state index in [0.717, 1.165) is 6.07 Å². The summed E-state index contributed by atoms with van der Waals surface area (Å²) in [5, 5.41) is 0. The van der Waals surface area contributed by atoms with Crippen LogP contribution >= 0.6 is 0 Å². The van der Waals surface area contributed by atoms with E-state index in [1.165, 1.54) is 6.92 Å². The fourth-order valence-electron chi connectivity index (χ4n) is 2.51. The molecule has 2 nitrogen and oxygen atoms in total. The monoisotopic (exact) mass is 439 g/mol. The standard InChI is InChI=1S/C19H16F7NOS/c1-12-9-14(20)15(10-16(12)29(28)11-18(21,22)23)27-17(19(24,25)26)8-7-13-5-3-2-4-6-13/h2-6,9-10H,7-8,11H2,1H3. The molecule has 0 aliphatic carbocycles. The van der Waals surface area contributed by atoms with E-state index in [4.69, 9.17) is 0 Å². The molecule has 0 bridgehead atoms. The zero-order valence-electron chi connectivity index (χ0n) is 15.1. The van der Waals surface area contributed by atoms with Crippen molar-refractivity contribution in [2.45, 2.75) is 37.0 Å². The minimum absolute atomic E-state index is 0.0144. The van der Waals surface area contributed by atoms with Crippen LogP contribution in [0.1, 0.15) is 17.5 Å². The van der Waals surface area contributed by atoms with Crippen LogP contribution < -0.4 is 0 Å². The fraction of sp³-hybridized carbons (Fsp3) is 0.316. The second-order valence-electron chi connectivity index (χ2n) is 6.22. The van der Waals surface area contributed by atoms with Crippen molar-refractivity contribution in [2.75, 3.05) is 5.75 Å². The minimum Gasteiger partial charge on any atom is -0.254 e. The topological polar surface area (TPSA) is 29.4 Å². The summed E-state index contributed by atoms with van der Waals surface area (Å²) in [5.74, 6) is -2.83. The summed E-state index contributed by atoms with van der Waals surface area (Å²) >= 11 is 0. The Hall–Kier alpha value is -2.23. The lowest BCUT2D eigenvalue weighted by atomic mass is 10.1. The summed E-state index contributed by atoms with van der Waals surface area (Å²) < 4.78 is 104. The molecule has 0 fully saturated rings. The number of nitrogens with zero attached hydrogens (tertiary/aromatic N) is 1. The molecule has 2 aromatic carbocycles. The maximum absolute atomic E-state index is 14.1. The maximum atomic E-state index is 14.1. The minimum atomic E-state index is -4.86. The van der Waals surface area contributed by atoms with Crippen molar-refractivity contribution in [3.63, 3.8) is 0 Å². The Bertz CT molecular complexity index is 905. The molecule has 158 valence electrons. The van der Waals surface area contributed by atoms with Gasteiger partial charge in [-0.15, -0.1) is 0 Å². The van der Waals surface area contributed by atoms with Gasteiger partial charge in [0.2, 0.25) is 0 Å². The molecular formula is C19H16F7NOS. The average molecular weight is 439 g/mol. The van der Waals surface area contributed by atoms with Crippen LogP contribution in [0, 0.1) is 12.7 Å². The van der Waals surface area contributed by atoms with Gasteiger partial charge in [0.25, 0.3) is 0 Å². The number of benzene rings is 2. The van der Waals surface area contributed by atoms with Gasteiger partial charge in [0.1, 0.15) is 23.0 Å². The van der Waals surface area contributed by atoms with Gasteiger partial charge in [-0.3, -0.25) is 4.21 Å². The summed E-state index contributed by atoms with van der Waals surface area (Å²) in [7, 11) is -2.59. The van der Waals surface area contributed by atoms with Gasteiger partial charge in [0.05, 0.1) is 10.8 Å². The number of rotatable bonds is 6. The van der Waals surface area contributed by atoms with Crippen molar-refractivity contribution in [1.82, 2.24) is 0 Å². The highest BCUT2D eigenvalue weighted by Crippen LogP contribution is 2.30. The van der Waals surface area contributed by atoms with Crippen LogP contribution in [0.2, 0.25) is 0 Å². The lowest BCUT2D eigenvalue weighted by Crippen LogP contribution is -2.23. The third kappa shape index (κ3) is 6.95. The quantitative estimate of drug-likeness (QED) is 0.397. The Labute approximate surface area is 164 Å². The van der Waals surface area contributed by atoms with Gasteiger partial charge >= 0.3 is 12.4 Å². The van der Waals surface area contributed by atoms with Crippen LogP contribution in [0.25, 0.3) is 0 Å². The molecule has 0 saturated heterocycles. The molecular weight excluding hydrogens is 423 g/mol. The molecule has 0 aliphatic rings. The third-order valence-corrected chi connectivity index (χ3v) is 5.38. The predicted molar refractivity (Wildman–Crippen MR) is 96.4 cm³/mol. The highest BCUT2D eigenvalue weighted by atomic mass is 32.2. The first-order valence-electron chi connectivity index (χ1n) is 8.31. The van der Waals surface area contributed by atoms with E-state index in [0.29, 0.717) is 11.6 Å². The fourth-order valence-corrected chi connectivity index (χ4v) is 3.63. The Kier molecular flexibility index (Phi) is 7.20. The molecule has 0 spiro atoms. The second kappa shape index (κ2) is 9.06. The zero-order chi connectivity index (χ0) is 21.8. The predicted octanol–water partition coefficient (Wildman–Crippen LogP) is 6.07. The van der Waals surface area contributed by atoms with Crippen molar-refractivity contribution in [2.24, 2.45) is 4.99 Å². The number of halogens is 7. The Morgan fingerprint density at radius 1 is 1.03 bits per heavy atom. The van der Waals surface area contributed by atoms with E-state index >= 15 is 0 Å². The second-order valence-corrected chi connectivity index (χ2v) is 7.64. The highest BCUT2D eigenvalue weighted by Gasteiger charge is 2.36. The van der Waals surface area contributed by atoms with Crippen LogP contribution in [-0.4, -0.2) is 28.0 Å². The first kappa shape index (κ1) is 23.1. The lowest BCUT2D eigenvalue weighted by molar-refractivity contribution is -0.105. The first-order valence-corrected chi connectivity index (χ1v) is 9.62. The first-order chi connectivity index (χ1) is 13.4. The number of hydrogen-bond donors (Lipinski definition) is 0. The van der Waals surface area contributed by atoms with Crippen LogP contribution in [0.5, 0.6) is 0 Å². The largest absolute Gasteiger partial charge is 0.429 e. The van der Waals surface area contributed by atoms with Crippen molar-refractivity contribution in [1.29, 1.82) is 0 Å². The number of alkyl halides is 6. The third-order valence-electron chi connectivity index (χ3n) is 3.86. The summed E-state index contributed by atoms with van der Waals surface area (Å²) in [6.07, 6.45) is -10.2. The van der Waals surface area contributed by atoms with Crippen LogP contribution in [0.3, 0.4) is 0 Å². The zero-order valence-corrected chi connectivity index (χ0v) is 15.9. The molecule has 0 aliphatic heterocycles. The van der Waals surface area contributed by atoms with E-state index in [1.807, 2.05) is 0 Å². The smallest absolute Gasteiger partial charge is 0.254 e. The maximum Gasteiger partial charge on any atom is 0.429 e. The molecule has 10 heteroatoms. The number of aliphatic imine (C=N–C) groups is 1. The number of hydrogen-bond acceptors (Lipinski definition) is 2. The molecule has 2 rings (SSSR count). The molecule has 0 saturated carbocycles. The van der Waals surface area contributed by atoms with Crippen LogP contribution in [0.15, 0.2) is 52.4 Å². The van der Waals surface area contributed by atoms with Gasteiger partial charge in [-0.25, -0.2) is 9.38 Å². The molecule has 1 unspecified atom stereocenters. The average Bonchev–Trinajstić information content (AvgIpc) is 2.58. The molecule has 0 N–H and O–H groups in total. The molecule has 2 aromatic rings. The van der Waals surface area contributed by atoms with Crippen LogP contribution in [0.4, 0.5) is 36.4 Å². The summed E-state index contributed by atoms with van der Waals surface area (Å²) in [6.45, 7) is 1.22. The molecule has 0 heterocycles. The Morgan fingerprint density at radius 3 is 2.21 bits per heavy atom. The summed E-state index contributed by atoms with van der Waals surface area (Å²) in [5.41, 5.74) is -1.54. The van der Waals surface area contributed by atoms with E-state index in [2.05, 4.69) is 4.99 Å². The Balaban J connectivity index is 2.39. The molecule has 0 radical (unpaired) electrons. The summed E-state index contributed by atoms with van der Waals surface area (Å²) in [6, 6.07) is 9.67. The van der Waals surface area contributed by atoms with E-state index < -0.39 is 57.4 Å². The normalized spacial score (nSPS) is 14.1. The van der Waals surface area contributed by atoms with Gasteiger partial charge in [0.15, 0.2) is 0 Å². The van der Waals surface area contributed by atoms with E-state index in [1.54, 1.807) is 30.3 Å². The lowest BCUT2D eigenvalue weighted by Gasteiger charge is -2.13. The molecule has 1 atom stereocenters. The summed E-state index contributed by atoms with van der Waals surface area (Å²) in [4.78, 5) is 2.92. The van der Waals surface area contributed by atoms with Gasteiger partial charge < -0.3 is 0 Å². The molecule has 0 amide bonds. The van der Waals surface area contributed by atoms with Gasteiger partial charge in [-0.1, -0.05) is 30.3 Å². The van der Waals surface area contributed by atoms with Crippen LogP contribution in [-0.2, 0) is 17.2 Å². The Morgan fingerprint density at radius 2 is 1.66 bits per heavy atom. The molecule has 29 heavy (non-hydrogen) atoms. The van der Waals surface area contributed by atoms with Gasteiger partial charge in [0, 0.05) is 4.90 Å². The van der Waals surface area contributed by atoms with E-state index in [9.17, 15) is 34.9 Å².